The van der Waals surface area contributed by atoms with Crippen LogP contribution in [0.2, 0.25) is 0 Å². The summed E-state index contributed by atoms with van der Waals surface area (Å²) in [5, 5.41) is 6.44. The predicted molar refractivity (Wildman–Crippen MR) is 94.5 cm³/mol. The first-order valence-corrected chi connectivity index (χ1v) is 8.03. The van der Waals surface area contributed by atoms with E-state index < -0.39 is 0 Å². The van der Waals surface area contributed by atoms with E-state index in [9.17, 15) is 4.79 Å². The molecule has 0 aromatic heterocycles. The molecule has 1 aromatic carbocycles. The second kappa shape index (κ2) is 7.99. The van der Waals surface area contributed by atoms with Crippen LogP contribution in [0.25, 0.3) is 0 Å². The summed E-state index contributed by atoms with van der Waals surface area (Å²) < 4.78 is 5.31. The van der Waals surface area contributed by atoms with Crippen LogP contribution in [0.15, 0.2) is 18.2 Å². The Bertz CT molecular complexity index is 553. The summed E-state index contributed by atoms with van der Waals surface area (Å²) in [5.74, 6) is 2.25. The number of fused-ring (bicyclic) bond motifs is 1. The fraction of sp³-hybridized carbons (Fsp3) is 0.588. The van der Waals surface area contributed by atoms with Gasteiger partial charge in [0.2, 0.25) is 5.91 Å². The number of aryl methyl sites for hydroxylation is 1. The number of benzene rings is 1. The molecule has 0 saturated carbocycles. The number of hydrogen-bond acceptors (Lipinski definition) is 4. The van der Waals surface area contributed by atoms with Gasteiger partial charge in [-0.05, 0) is 62.5 Å². The Balaban J connectivity index is 0.00000192. The first kappa shape index (κ1) is 18.0. The summed E-state index contributed by atoms with van der Waals surface area (Å²) in [6.45, 7) is 6.74. The number of hydrogen-bond donors (Lipinski definition) is 2. The maximum absolute atomic E-state index is 12.3. The quantitative estimate of drug-likeness (QED) is 0.880. The van der Waals surface area contributed by atoms with Gasteiger partial charge in [0.05, 0.1) is 19.3 Å². The van der Waals surface area contributed by atoms with E-state index in [1.807, 2.05) is 25.1 Å². The van der Waals surface area contributed by atoms with E-state index in [0.29, 0.717) is 18.2 Å². The molecule has 2 atom stereocenters. The lowest BCUT2D eigenvalue weighted by molar-refractivity contribution is -0.117. The van der Waals surface area contributed by atoms with Crippen molar-refractivity contribution in [1.29, 1.82) is 0 Å². The maximum atomic E-state index is 12.3. The minimum Gasteiger partial charge on any atom is -0.495 e. The standard InChI is InChI=1S/C17H25N3O2.ClH/c1-12-3-4-16(22-2)15(7-12)19-17(21)11-20-6-5-13-8-18-9-14(13)10-20;/h3-4,7,13-14,18H,5-6,8-11H2,1-2H3,(H,19,21);1H. The number of nitrogens with zero attached hydrogens (tertiary/aromatic N) is 1. The van der Waals surface area contributed by atoms with Crippen LogP contribution in [0.4, 0.5) is 5.69 Å². The number of halogens is 1. The molecular formula is C17H26ClN3O2. The molecule has 0 aliphatic carbocycles. The van der Waals surface area contributed by atoms with Crippen LogP contribution < -0.4 is 15.4 Å². The third-order valence-electron chi connectivity index (χ3n) is 4.78. The number of amides is 1. The predicted octanol–water partition coefficient (Wildman–Crippen LogP) is 1.91. The van der Waals surface area contributed by atoms with Crippen LogP contribution in [0.5, 0.6) is 5.75 Å². The lowest BCUT2D eigenvalue weighted by atomic mass is 9.89. The topological polar surface area (TPSA) is 53.6 Å². The summed E-state index contributed by atoms with van der Waals surface area (Å²) in [6, 6.07) is 5.82. The third-order valence-corrected chi connectivity index (χ3v) is 4.78. The highest BCUT2D eigenvalue weighted by molar-refractivity contribution is 5.93. The zero-order valence-corrected chi connectivity index (χ0v) is 14.6. The van der Waals surface area contributed by atoms with Crippen LogP contribution in [0.1, 0.15) is 12.0 Å². The van der Waals surface area contributed by atoms with Crippen LogP contribution in [0, 0.1) is 18.8 Å². The zero-order valence-electron chi connectivity index (χ0n) is 13.8. The maximum Gasteiger partial charge on any atom is 0.238 e. The summed E-state index contributed by atoms with van der Waals surface area (Å²) in [6.07, 6.45) is 1.19. The summed E-state index contributed by atoms with van der Waals surface area (Å²) in [7, 11) is 1.62. The smallest absolute Gasteiger partial charge is 0.238 e. The van der Waals surface area contributed by atoms with Crippen LogP contribution in [0.3, 0.4) is 0 Å². The van der Waals surface area contributed by atoms with Crippen molar-refractivity contribution in [3.8, 4) is 5.75 Å². The van der Waals surface area contributed by atoms with E-state index in [0.717, 1.165) is 43.3 Å². The number of ether oxygens (including phenoxy) is 1. The lowest BCUT2D eigenvalue weighted by Crippen LogP contribution is -2.43. The zero-order chi connectivity index (χ0) is 15.5. The molecule has 1 amide bonds. The summed E-state index contributed by atoms with van der Waals surface area (Å²) >= 11 is 0. The molecule has 2 heterocycles. The molecule has 2 N–H and O–H groups in total. The minimum absolute atomic E-state index is 0. The highest BCUT2D eigenvalue weighted by atomic mass is 35.5. The van der Waals surface area contributed by atoms with Gasteiger partial charge >= 0.3 is 0 Å². The van der Waals surface area contributed by atoms with Crippen molar-refractivity contribution in [2.45, 2.75) is 13.3 Å². The largest absolute Gasteiger partial charge is 0.495 e. The van der Waals surface area contributed by atoms with E-state index in [2.05, 4.69) is 15.5 Å². The van der Waals surface area contributed by atoms with E-state index in [4.69, 9.17) is 4.74 Å². The van der Waals surface area contributed by atoms with Crippen molar-refractivity contribution >= 4 is 24.0 Å². The fourth-order valence-electron chi connectivity index (χ4n) is 3.57. The number of rotatable bonds is 4. The Morgan fingerprint density at radius 1 is 1.39 bits per heavy atom. The molecule has 2 aliphatic rings. The number of carbonyl (C=O) groups is 1. The van der Waals surface area contributed by atoms with E-state index in [-0.39, 0.29) is 18.3 Å². The SMILES string of the molecule is COc1ccc(C)cc1NC(=O)CN1CCC2CNCC2C1.Cl. The molecule has 5 nitrogen and oxygen atoms in total. The number of carbonyl (C=O) groups excluding carboxylic acids is 1. The van der Waals surface area contributed by atoms with Crippen LogP contribution in [-0.2, 0) is 4.79 Å². The Kier molecular flexibility index (Phi) is 6.27. The second-order valence-corrected chi connectivity index (χ2v) is 6.45. The van der Waals surface area contributed by atoms with E-state index in [1.54, 1.807) is 7.11 Å². The highest BCUT2D eigenvalue weighted by Gasteiger charge is 2.33. The Hall–Kier alpha value is -1.30. The van der Waals surface area contributed by atoms with Gasteiger partial charge in [0, 0.05) is 6.54 Å². The molecular weight excluding hydrogens is 314 g/mol. The molecule has 0 spiro atoms. The van der Waals surface area contributed by atoms with E-state index in [1.165, 1.54) is 6.42 Å². The van der Waals surface area contributed by atoms with Crippen molar-refractivity contribution in [2.24, 2.45) is 11.8 Å². The number of methoxy groups -OCH3 is 1. The van der Waals surface area contributed by atoms with Crippen molar-refractivity contribution in [3.05, 3.63) is 23.8 Å². The molecule has 2 fully saturated rings. The van der Waals surface area contributed by atoms with Crippen molar-refractivity contribution in [2.75, 3.05) is 45.2 Å². The molecule has 2 saturated heterocycles. The van der Waals surface area contributed by atoms with Crippen molar-refractivity contribution < 1.29 is 9.53 Å². The van der Waals surface area contributed by atoms with Gasteiger partial charge in [-0.1, -0.05) is 6.07 Å². The number of piperidine rings is 1. The number of anilines is 1. The van der Waals surface area contributed by atoms with Crippen LogP contribution >= 0.6 is 12.4 Å². The first-order chi connectivity index (χ1) is 10.7. The molecule has 0 bridgehead atoms. The van der Waals surface area contributed by atoms with Gasteiger partial charge < -0.3 is 15.4 Å². The summed E-state index contributed by atoms with van der Waals surface area (Å²) in [4.78, 5) is 14.6. The Morgan fingerprint density at radius 2 is 2.17 bits per heavy atom. The number of nitrogens with one attached hydrogen (secondary N) is 2. The summed E-state index contributed by atoms with van der Waals surface area (Å²) in [5.41, 5.74) is 1.86. The molecule has 3 rings (SSSR count). The van der Waals surface area contributed by atoms with Gasteiger partial charge in [-0.25, -0.2) is 0 Å². The highest BCUT2D eigenvalue weighted by Crippen LogP contribution is 2.27. The average molecular weight is 340 g/mol. The molecule has 1 aromatic rings. The average Bonchev–Trinajstić information content (AvgIpc) is 2.95. The van der Waals surface area contributed by atoms with Crippen LogP contribution in [-0.4, -0.2) is 50.6 Å². The van der Waals surface area contributed by atoms with Gasteiger partial charge in [-0.2, -0.15) is 0 Å². The Morgan fingerprint density at radius 3 is 2.96 bits per heavy atom. The normalized spacial score (nSPS) is 23.7. The molecule has 2 aliphatic heterocycles. The van der Waals surface area contributed by atoms with Gasteiger partial charge in [-0.3, -0.25) is 9.69 Å². The Labute approximate surface area is 144 Å². The van der Waals surface area contributed by atoms with Gasteiger partial charge in [0.15, 0.2) is 0 Å². The van der Waals surface area contributed by atoms with Crippen molar-refractivity contribution in [3.63, 3.8) is 0 Å². The molecule has 2 unspecified atom stereocenters. The minimum atomic E-state index is 0. The third kappa shape index (κ3) is 4.37. The van der Waals surface area contributed by atoms with E-state index >= 15 is 0 Å². The number of likely N-dealkylation sites (tertiary alicyclic amines) is 1. The van der Waals surface area contributed by atoms with Gasteiger partial charge in [0.25, 0.3) is 0 Å². The fourth-order valence-corrected chi connectivity index (χ4v) is 3.57. The molecule has 23 heavy (non-hydrogen) atoms. The molecule has 0 radical (unpaired) electrons. The van der Waals surface area contributed by atoms with Gasteiger partial charge in [-0.15, -0.1) is 12.4 Å². The van der Waals surface area contributed by atoms with Crippen molar-refractivity contribution in [1.82, 2.24) is 10.2 Å². The molecule has 128 valence electrons. The first-order valence-electron chi connectivity index (χ1n) is 8.03. The molecule has 6 heteroatoms. The lowest BCUT2D eigenvalue weighted by Gasteiger charge is -2.33. The monoisotopic (exact) mass is 339 g/mol. The second-order valence-electron chi connectivity index (χ2n) is 6.45. The van der Waals surface area contributed by atoms with Gasteiger partial charge in [0.1, 0.15) is 5.75 Å².